The molecule has 0 fully saturated rings. The lowest BCUT2D eigenvalue weighted by molar-refractivity contribution is 0.146. The van der Waals surface area contributed by atoms with Gasteiger partial charge in [0.25, 0.3) is 15.5 Å². The smallest absolute Gasteiger partial charge is 0.270 e. The molecule has 0 aliphatic rings. The molecule has 0 aromatic carbocycles. The predicted molar refractivity (Wildman–Crippen MR) is 53.8 cm³/mol. The zero-order valence-electron chi connectivity index (χ0n) is 7.75. The molecule has 0 saturated carbocycles. The molecule has 0 saturated heterocycles. The molecule has 0 unspecified atom stereocenters. The summed E-state index contributed by atoms with van der Waals surface area (Å²) in [6.07, 6.45) is -2.26. The standard InChI is InChI=1S/C7H5Cl2F2NO3S/c1-15-5-3(16(9,13)14)2-12-6(8)4(5)7(10)11/h2,7H,1H3. The zero-order valence-corrected chi connectivity index (χ0v) is 10.1. The van der Waals surface area contributed by atoms with Crippen molar-refractivity contribution >= 4 is 31.3 Å². The number of hydrogen-bond acceptors (Lipinski definition) is 4. The van der Waals surface area contributed by atoms with E-state index in [0.717, 1.165) is 13.3 Å². The van der Waals surface area contributed by atoms with Crippen LogP contribution in [0.15, 0.2) is 11.1 Å². The minimum Gasteiger partial charge on any atom is -0.495 e. The number of nitrogens with zero attached hydrogens (tertiary/aromatic N) is 1. The Morgan fingerprint density at radius 2 is 2.06 bits per heavy atom. The van der Waals surface area contributed by atoms with Crippen LogP contribution >= 0.6 is 22.3 Å². The van der Waals surface area contributed by atoms with Crippen LogP contribution in [-0.2, 0) is 9.05 Å². The SMILES string of the molecule is COc1c(S(=O)(=O)Cl)cnc(Cl)c1C(F)F. The van der Waals surface area contributed by atoms with Crippen molar-refractivity contribution in [2.45, 2.75) is 11.3 Å². The Morgan fingerprint density at radius 3 is 2.44 bits per heavy atom. The second-order valence-electron chi connectivity index (χ2n) is 2.60. The summed E-state index contributed by atoms with van der Waals surface area (Å²) in [7, 11) is 1.84. The Bertz CT molecular complexity index is 507. The largest absolute Gasteiger partial charge is 0.495 e. The van der Waals surface area contributed by atoms with E-state index in [1.54, 1.807) is 0 Å². The molecule has 0 amide bonds. The molecular weight excluding hydrogens is 287 g/mol. The molecular formula is C7H5Cl2F2NO3S. The van der Waals surface area contributed by atoms with Gasteiger partial charge in [-0.2, -0.15) is 0 Å². The van der Waals surface area contributed by atoms with Crippen LogP contribution < -0.4 is 4.74 Å². The minimum atomic E-state index is -4.23. The second-order valence-corrected chi connectivity index (χ2v) is 5.49. The summed E-state index contributed by atoms with van der Waals surface area (Å²) in [6.45, 7) is 0. The van der Waals surface area contributed by atoms with Crippen molar-refractivity contribution in [3.8, 4) is 5.75 Å². The van der Waals surface area contributed by atoms with Gasteiger partial charge in [-0.25, -0.2) is 22.2 Å². The van der Waals surface area contributed by atoms with Gasteiger partial charge in [0, 0.05) is 10.7 Å². The fraction of sp³-hybridized carbons (Fsp3) is 0.286. The molecule has 1 aromatic heterocycles. The maximum absolute atomic E-state index is 12.6. The van der Waals surface area contributed by atoms with Gasteiger partial charge in [-0.05, 0) is 0 Å². The summed E-state index contributed by atoms with van der Waals surface area (Å²) in [5, 5.41) is -0.532. The molecule has 1 aromatic rings. The molecule has 90 valence electrons. The van der Waals surface area contributed by atoms with E-state index < -0.39 is 36.8 Å². The number of alkyl halides is 2. The van der Waals surface area contributed by atoms with Crippen LogP contribution in [-0.4, -0.2) is 20.5 Å². The molecule has 0 aliphatic heterocycles. The summed E-state index contributed by atoms with van der Waals surface area (Å²) < 4.78 is 51.9. The number of hydrogen-bond donors (Lipinski definition) is 0. The van der Waals surface area contributed by atoms with Gasteiger partial charge >= 0.3 is 0 Å². The van der Waals surface area contributed by atoms with Crippen LogP contribution in [0.25, 0.3) is 0 Å². The predicted octanol–water partition coefficient (Wildman–Crippen LogP) is 2.61. The maximum Gasteiger partial charge on any atom is 0.270 e. The zero-order chi connectivity index (χ0) is 12.5. The summed E-state index contributed by atoms with van der Waals surface area (Å²) in [5.74, 6) is -0.593. The highest BCUT2D eigenvalue weighted by Gasteiger charge is 2.27. The third-order valence-electron chi connectivity index (χ3n) is 1.67. The molecule has 9 heteroatoms. The first-order valence-electron chi connectivity index (χ1n) is 3.74. The topological polar surface area (TPSA) is 56.3 Å². The van der Waals surface area contributed by atoms with E-state index in [-0.39, 0.29) is 0 Å². The van der Waals surface area contributed by atoms with E-state index in [9.17, 15) is 17.2 Å². The number of pyridine rings is 1. The van der Waals surface area contributed by atoms with Crippen molar-refractivity contribution in [3.05, 3.63) is 16.9 Å². The van der Waals surface area contributed by atoms with Crippen molar-refractivity contribution in [2.75, 3.05) is 7.11 Å². The van der Waals surface area contributed by atoms with E-state index in [0.29, 0.717) is 0 Å². The molecule has 0 spiro atoms. The van der Waals surface area contributed by atoms with Crippen molar-refractivity contribution in [2.24, 2.45) is 0 Å². The lowest BCUT2D eigenvalue weighted by Gasteiger charge is -2.11. The molecule has 4 nitrogen and oxygen atoms in total. The van der Waals surface area contributed by atoms with Crippen LogP contribution in [0.3, 0.4) is 0 Å². The van der Waals surface area contributed by atoms with Crippen molar-refractivity contribution < 1.29 is 21.9 Å². The van der Waals surface area contributed by atoms with Gasteiger partial charge < -0.3 is 4.74 Å². The molecule has 0 aliphatic carbocycles. The summed E-state index contributed by atoms with van der Waals surface area (Å²) in [4.78, 5) is 2.67. The van der Waals surface area contributed by atoms with Gasteiger partial charge in [-0.15, -0.1) is 0 Å². The average molecular weight is 292 g/mol. The second kappa shape index (κ2) is 4.68. The summed E-state index contributed by atoms with van der Waals surface area (Å²) in [6, 6.07) is 0. The van der Waals surface area contributed by atoms with Gasteiger partial charge in [-0.1, -0.05) is 11.6 Å². The molecule has 16 heavy (non-hydrogen) atoms. The lowest BCUT2D eigenvalue weighted by atomic mass is 10.2. The van der Waals surface area contributed by atoms with E-state index in [1.807, 2.05) is 0 Å². The quantitative estimate of drug-likeness (QED) is 0.634. The van der Waals surface area contributed by atoms with Crippen molar-refractivity contribution in [1.29, 1.82) is 0 Å². The lowest BCUT2D eigenvalue weighted by Crippen LogP contribution is -2.03. The number of halogens is 4. The number of rotatable bonds is 3. The van der Waals surface area contributed by atoms with E-state index >= 15 is 0 Å². The summed E-state index contributed by atoms with van der Waals surface area (Å²) >= 11 is 5.42. The maximum atomic E-state index is 12.6. The van der Waals surface area contributed by atoms with Crippen LogP contribution in [0.1, 0.15) is 12.0 Å². The molecule has 0 bridgehead atoms. The number of aromatic nitrogens is 1. The Balaban J connectivity index is 3.62. The Hall–Kier alpha value is -0.660. The molecule has 0 N–H and O–H groups in total. The van der Waals surface area contributed by atoms with Crippen LogP contribution in [0, 0.1) is 0 Å². The van der Waals surface area contributed by atoms with Gasteiger partial charge in [0.2, 0.25) is 0 Å². The monoisotopic (exact) mass is 291 g/mol. The third kappa shape index (κ3) is 2.53. The molecule has 0 atom stereocenters. The fourth-order valence-electron chi connectivity index (χ4n) is 1.04. The number of ether oxygens (including phenoxy) is 1. The van der Waals surface area contributed by atoms with Gasteiger partial charge in [-0.3, -0.25) is 0 Å². The van der Waals surface area contributed by atoms with Crippen LogP contribution in [0.5, 0.6) is 5.75 Å². The molecule has 1 rings (SSSR count). The summed E-state index contributed by atoms with van der Waals surface area (Å²) in [5.41, 5.74) is -0.800. The van der Waals surface area contributed by atoms with Crippen molar-refractivity contribution in [3.63, 3.8) is 0 Å². The first-order chi connectivity index (χ1) is 7.29. The van der Waals surface area contributed by atoms with Gasteiger partial charge in [0.1, 0.15) is 10.0 Å². The van der Waals surface area contributed by atoms with E-state index in [1.165, 1.54) is 0 Å². The Labute approximate surface area is 99.6 Å². The van der Waals surface area contributed by atoms with Crippen LogP contribution in [0.4, 0.5) is 8.78 Å². The highest BCUT2D eigenvalue weighted by molar-refractivity contribution is 8.13. The van der Waals surface area contributed by atoms with Gasteiger partial charge in [0.15, 0.2) is 5.75 Å². The minimum absolute atomic E-state index is 0.532. The highest BCUT2D eigenvalue weighted by Crippen LogP contribution is 2.39. The molecule has 0 radical (unpaired) electrons. The first-order valence-corrected chi connectivity index (χ1v) is 6.43. The van der Waals surface area contributed by atoms with Crippen LogP contribution in [0.2, 0.25) is 5.15 Å². The normalized spacial score (nSPS) is 11.9. The van der Waals surface area contributed by atoms with Gasteiger partial charge in [0.05, 0.1) is 18.9 Å². The van der Waals surface area contributed by atoms with E-state index in [2.05, 4.69) is 9.72 Å². The number of methoxy groups -OCH3 is 1. The Kier molecular flexibility index (Phi) is 3.92. The van der Waals surface area contributed by atoms with Crippen molar-refractivity contribution in [1.82, 2.24) is 4.98 Å². The average Bonchev–Trinajstić information content (AvgIpc) is 2.14. The Morgan fingerprint density at radius 1 is 1.50 bits per heavy atom. The first kappa shape index (κ1) is 13.4. The molecule has 1 heterocycles. The highest BCUT2D eigenvalue weighted by atomic mass is 35.7. The third-order valence-corrected chi connectivity index (χ3v) is 3.29. The fourth-order valence-corrected chi connectivity index (χ4v) is 2.18. The van der Waals surface area contributed by atoms with E-state index in [4.69, 9.17) is 22.3 Å².